The van der Waals surface area contributed by atoms with Crippen molar-refractivity contribution in [2.24, 2.45) is 4.99 Å². The van der Waals surface area contributed by atoms with E-state index in [1.54, 1.807) is 23.5 Å². The molecule has 1 aromatic heterocycles. The van der Waals surface area contributed by atoms with Crippen molar-refractivity contribution in [1.29, 1.82) is 0 Å². The molecule has 1 aromatic carbocycles. The second kappa shape index (κ2) is 9.64. The summed E-state index contributed by atoms with van der Waals surface area (Å²) in [6.45, 7) is 6.29. The maximum absolute atomic E-state index is 13.5. The highest BCUT2D eigenvalue weighted by Gasteiger charge is 2.44. The van der Waals surface area contributed by atoms with Gasteiger partial charge in [-0.1, -0.05) is 19.1 Å². The normalized spacial score (nSPS) is 15.3. The van der Waals surface area contributed by atoms with Gasteiger partial charge in [-0.25, -0.2) is 14.4 Å². The highest BCUT2D eigenvalue weighted by Crippen LogP contribution is 2.47. The number of halogens is 2. The van der Waals surface area contributed by atoms with Gasteiger partial charge in [0, 0.05) is 23.9 Å². The molecule has 0 aliphatic heterocycles. The highest BCUT2D eigenvalue weighted by molar-refractivity contribution is 14.0. The Kier molecular flexibility index (Phi) is 7.82. The van der Waals surface area contributed by atoms with Crippen molar-refractivity contribution in [1.82, 2.24) is 15.6 Å². The van der Waals surface area contributed by atoms with Crippen LogP contribution in [-0.2, 0) is 18.4 Å². The third-order valence-electron chi connectivity index (χ3n) is 4.53. The molecule has 0 saturated heterocycles. The summed E-state index contributed by atoms with van der Waals surface area (Å²) in [7, 11) is 0. The molecule has 26 heavy (non-hydrogen) atoms. The van der Waals surface area contributed by atoms with Crippen LogP contribution in [0.1, 0.15) is 43.0 Å². The second-order valence-corrected chi connectivity index (χ2v) is 7.37. The average molecular weight is 488 g/mol. The molecule has 0 amide bonds. The van der Waals surface area contributed by atoms with Crippen LogP contribution in [0.25, 0.3) is 0 Å². The van der Waals surface area contributed by atoms with Crippen LogP contribution >= 0.6 is 35.3 Å². The standard InChI is InChI=1S/C19H25FN4S.HI/c1-3-17-24-16(12-25-17)11-22-18(21-4-2)23-13-19(8-9-19)14-6-5-7-15(20)10-14;/h5-7,10,12H,3-4,8-9,11,13H2,1-2H3,(H2,21,22,23);1H. The first-order chi connectivity index (χ1) is 12.1. The minimum atomic E-state index is -0.167. The number of aliphatic imine (C=N–C) groups is 1. The van der Waals surface area contributed by atoms with Gasteiger partial charge in [-0.3, -0.25) is 0 Å². The molecule has 4 nitrogen and oxygen atoms in total. The molecule has 0 unspecified atom stereocenters. The van der Waals surface area contributed by atoms with Crippen molar-refractivity contribution in [3.8, 4) is 0 Å². The van der Waals surface area contributed by atoms with Crippen LogP contribution in [0.3, 0.4) is 0 Å². The fourth-order valence-electron chi connectivity index (χ4n) is 2.88. The zero-order valence-electron chi connectivity index (χ0n) is 15.2. The van der Waals surface area contributed by atoms with E-state index in [0.717, 1.165) is 54.6 Å². The number of benzene rings is 1. The molecule has 7 heteroatoms. The van der Waals surface area contributed by atoms with Crippen molar-refractivity contribution < 1.29 is 4.39 Å². The Balaban J connectivity index is 0.00000243. The summed E-state index contributed by atoms with van der Waals surface area (Å²) in [5.74, 6) is 0.621. The van der Waals surface area contributed by atoms with Crippen LogP contribution < -0.4 is 10.6 Å². The summed E-state index contributed by atoms with van der Waals surface area (Å²) in [5, 5.41) is 9.92. The van der Waals surface area contributed by atoms with Crippen molar-refractivity contribution in [2.45, 2.75) is 45.1 Å². The summed E-state index contributed by atoms with van der Waals surface area (Å²) in [6.07, 6.45) is 3.12. The number of nitrogens with one attached hydrogen (secondary N) is 2. The molecule has 0 bridgehead atoms. The molecule has 0 radical (unpaired) electrons. The Morgan fingerprint density at radius 1 is 1.31 bits per heavy atom. The van der Waals surface area contributed by atoms with Crippen LogP contribution in [-0.4, -0.2) is 24.0 Å². The zero-order valence-corrected chi connectivity index (χ0v) is 18.4. The molecule has 1 aliphatic carbocycles. The van der Waals surface area contributed by atoms with Gasteiger partial charge in [0.2, 0.25) is 0 Å². The third-order valence-corrected chi connectivity index (χ3v) is 5.57. The van der Waals surface area contributed by atoms with Crippen molar-refractivity contribution in [3.63, 3.8) is 0 Å². The minimum absolute atomic E-state index is 0. The lowest BCUT2D eigenvalue weighted by Crippen LogP contribution is -2.41. The first kappa shape index (κ1) is 21.1. The van der Waals surface area contributed by atoms with E-state index in [1.807, 2.05) is 6.07 Å². The Hall–Kier alpha value is -1.22. The Labute approximate surface area is 175 Å². The molecular formula is C19H26FIN4S. The van der Waals surface area contributed by atoms with Gasteiger partial charge >= 0.3 is 0 Å². The molecule has 1 aliphatic rings. The van der Waals surface area contributed by atoms with Gasteiger partial charge in [0.05, 0.1) is 17.2 Å². The molecular weight excluding hydrogens is 462 g/mol. The summed E-state index contributed by atoms with van der Waals surface area (Å²) in [4.78, 5) is 9.19. The molecule has 1 fully saturated rings. The minimum Gasteiger partial charge on any atom is -0.357 e. The van der Waals surface area contributed by atoms with Gasteiger partial charge in [0.15, 0.2) is 5.96 Å². The van der Waals surface area contributed by atoms with E-state index < -0.39 is 0 Å². The van der Waals surface area contributed by atoms with Gasteiger partial charge in [-0.05, 0) is 43.9 Å². The van der Waals surface area contributed by atoms with E-state index in [-0.39, 0.29) is 35.2 Å². The number of rotatable bonds is 7. The summed E-state index contributed by atoms with van der Waals surface area (Å²) >= 11 is 1.68. The smallest absolute Gasteiger partial charge is 0.191 e. The molecule has 1 saturated carbocycles. The van der Waals surface area contributed by atoms with Crippen molar-refractivity contribution >= 4 is 41.3 Å². The van der Waals surface area contributed by atoms with E-state index in [2.05, 4.69) is 39.8 Å². The number of hydrogen-bond acceptors (Lipinski definition) is 3. The number of aromatic nitrogens is 1. The SMILES string of the molecule is CCNC(=NCc1csc(CC)n1)NCC1(c2cccc(F)c2)CC1.I. The largest absolute Gasteiger partial charge is 0.357 e. The molecule has 0 spiro atoms. The molecule has 2 aromatic rings. The van der Waals surface area contributed by atoms with Gasteiger partial charge < -0.3 is 10.6 Å². The maximum Gasteiger partial charge on any atom is 0.191 e. The van der Waals surface area contributed by atoms with Gasteiger partial charge in [-0.15, -0.1) is 35.3 Å². The molecule has 1 heterocycles. The summed E-state index contributed by atoms with van der Waals surface area (Å²) < 4.78 is 13.5. The number of nitrogens with zero attached hydrogens (tertiary/aromatic N) is 2. The van der Waals surface area contributed by atoms with Gasteiger partial charge in [-0.2, -0.15) is 0 Å². The van der Waals surface area contributed by atoms with E-state index in [4.69, 9.17) is 0 Å². The van der Waals surface area contributed by atoms with E-state index in [9.17, 15) is 4.39 Å². The maximum atomic E-state index is 13.5. The monoisotopic (exact) mass is 488 g/mol. The molecule has 0 atom stereocenters. The highest BCUT2D eigenvalue weighted by atomic mass is 127. The van der Waals surface area contributed by atoms with Crippen molar-refractivity contribution in [2.75, 3.05) is 13.1 Å². The first-order valence-corrected chi connectivity index (χ1v) is 9.74. The number of hydrogen-bond donors (Lipinski definition) is 2. The molecule has 2 N–H and O–H groups in total. The predicted octanol–water partition coefficient (Wildman–Crippen LogP) is 4.25. The van der Waals surface area contributed by atoms with Crippen LogP contribution in [0.5, 0.6) is 0 Å². The quantitative estimate of drug-likeness (QED) is 0.348. The summed E-state index contributed by atoms with van der Waals surface area (Å²) in [5.41, 5.74) is 2.11. The Morgan fingerprint density at radius 2 is 2.12 bits per heavy atom. The fraction of sp³-hybridized carbons (Fsp3) is 0.474. The van der Waals surface area contributed by atoms with Gasteiger partial charge in [0.25, 0.3) is 0 Å². The van der Waals surface area contributed by atoms with Gasteiger partial charge in [0.1, 0.15) is 5.82 Å². The van der Waals surface area contributed by atoms with E-state index >= 15 is 0 Å². The molecule has 142 valence electrons. The second-order valence-electron chi connectivity index (χ2n) is 6.43. The Morgan fingerprint density at radius 3 is 2.73 bits per heavy atom. The zero-order chi connectivity index (χ0) is 17.7. The fourth-order valence-corrected chi connectivity index (χ4v) is 3.61. The van der Waals surface area contributed by atoms with Crippen LogP contribution in [0, 0.1) is 5.82 Å². The van der Waals surface area contributed by atoms with Crippen LogP contribution in [0.15, 0.2) is 34.6 Å². The molecule has 3 rings (SSSR count). The lowest BCUT2D eigenvalue weighted by atomic mass is 9.96. The average Bonchev–Trinajstić information content (AvgIpc) is 3.27. The first-order valence-electron chi connectivity index (χ1n) is 8.86. The van der Waals surface area contributed by atoms with Crippen LogP contribution in [0.4, 0.5) is 4.39 Å². The lowest BCUT2D eigenvalue weighted by molar-refractivity contribution is 0.607. The number of thiazole rings is 1. The lowest BCUT2D eigenvalue weighted by Gasteiger charge is -2.19. The Bertz CT molecular complexity index is 743. The topological polar surface area (TPSA) is 49.3 Å². The third kappa shape index (κ3) is 5.39. The predicted molar refractivity (Wildman–Crippen MR) is 117 cm³/mol. The number of aryl methyl sites for hydroxylation is 1. The van der Waals surface area contributed by atoms with Crippen molar-refractivity contribution in [3.05, 3.63) is 51.7 Å². The summed E-state index contributed by atoms with van der Waals surface area (Å²) in [6, 6.07) is 6.96. The van der Waals surface area contributed by atoms with E-state index in [0.29, 0.717) is 6.54 Å². The number of guanidine groups is 1. The van der Waals surface area contributed by atoms with Crippen LogP contribution in [0.2, 0.25) is 0 Å². The van der Waals surface area contributed by atoms with E-state index in [1.165, 1.54) is 6.07 Å².